The van der Waals surface area contributed by atoms with E-state index >= 15 is 0 Å². The van der Waals surface area contributed by atoms with Crippen molar-refractivity contribution in [2.45, 2.75) is 48.9 Å². The van der Waals surface area contributed by atoms with Crippen LogP contribution < -0.4 is 0 Å². The van der Waals surface area contributed by atoms with Gasteiger partial charge in [-0.15, -0.1) is 0 Å². The second-order valence-electron chi connectivity index (χ2n) is 8.80. The van der Waals surface area contributed by atoms with Gasteiger partial charge in [0.2, 0.25) is 10.0 Å². The van der Waals surface area contributed by atoms with Gasteiger partial charge in [0.1, 0.15) is 10.6 Å². The zero-order valence-corrected chi connectivity index (χ0v) is 16.3. The number of hydrogen-bond acceptors (Lipinski definition) is 5. The number of halogens is 3. The summed E-state index contributed by atoms with van der Waals surface area (Å²) >= 11 is 0. The average Bonchev–Trinajstić information content (AvgIpc) is 2.42. The molecule has 0 radical (unpaired) electrons. The highest BCUT2D eigenvalue weighted by atomic mass is 32.2. The lowest BCUT2D eigenvalue weighted by Crippen LogP contribution is -2.76. The van der Waals surface area contributed by atoms with Gasteiger partial charge in [-0.3, -0.25) is 4.90 Å². The molecule has 4 fully saturated rings. The Morgan fingerprint density at radius 3 is 2.32 bits per heavy atom. The van der Waals surface area contributed by atoms with Gasteiger partial charge in [-0.1, -0.05) is 0 Å². The Bertz CT molecular complexity index is 908. The van der Waals surface area contributed by atoms with Crippen LogP contribution in [0.25, 0.3) is 0 Å². The highest BCUT2D eigenvalue weighted by molar-refractivity contribution is 7.89. The molecule has 1 aliphatic carbocycles. The summed E-state index contributed by atoms with van der Waals surface area (Å²) in [7, 11) is -3.82. The van der Waals surface area contributed by atoms with E-state index in [0.717, 1.165) is 51.1 Å². The molecule has 5 rings (SSSR count). The number of aryl methyl sites for hydroxylation is 1. The van der Waals surface area contributed by atoms with Gasteiger partial charge in [0, 0.05) is 37.6 Å². The molecule has 3 saturated heterocycles. The maximum atomic E-state index is 12.8. The number of rotatable bonds is 3. The van der Waals surface area contributed by atoms with Crippen LogP contribution in [0.5, 0.6) is 0 Å². The molecule has 154 valence electrons. The molecule has 10 heteroatoms. The number of alkyl halides is 3. The number of hydrogen-bond donors (Lipinski definition) is 0. The van der Waals surface area contributed by atoms with Gasteiger partial charge >= 0.3 is 6.18 Å². The van der Waals surface area contributed by atoms with Gasteiger partial charge in [0.15, 0.2) is 0 Å². The third kappa shape index (κ3) is 2.72. The third-order valence-electron chi connectivity index (χ3n) is 6.74. The SMILES string of the molecule is Cc1nc(C(F)(F)F)ccc1S(=O)(=O)N1CC2(CN(C3CC4(CCO4)C3)C2)C1. The van der Waals surface area contributed by atoms with Crippen LogP contribution >= 0.6 is 0 Å². The van der Waals surface area contributed by atoms with E-state index in [4.69, 9.17) is 4.74 Å². The lowest BCUT2D eigenvalue weighted by Gasteiger charge is -2.65. The topological polar surface area (TPSA) is 62.7 Å². The molecule has 1 aromatic rings. The number of aromatic nitrogens is 1. The molecule has 4 aliphatic rings. The Balaban J connectivity index is 1.20. The molecule has 1 aromatic heterocycles. The summed E-state index contributed by atoms with van der Waals surface area (Å²) < 4.78 is 70.9. The molecule has 0 bridgehead atoms. The maximum absolute atomic E-state index is 12.8. The predicted octanol–water partition coefficient (Wildman–Crippen LogP) is 2.04. The minimum Gasteiger partial charge on any atom is -0.375 e. The summed E-state index contributed by atoms with van der Waals surface area (Å²) in [6, 6.07) is 2.29. The van der Waals surface area contributed by atoms with Gasteiger partial charge in [-0.2, -0.15) is 17.5 Å². The van der Waals surface area contributed by atoms with Crippen molar-refractivity contribution in [2.24, 2.45) is 5.41 Å². The maximum Gasteiger partial charge on any atom is 0.433 e. The first-order valence-electron chi connectivity index (χ1n) is 9.45. The van der Waals surface area contributed by atoms with Crippen molar-refractivity contribution in [3.63, 3.8) is 0 Å². The Morgan fingerprint density at radius 1 is 1.18 bits per heavy atom. The van der Waals surface area contributed by atoms with E-state index in [1.807, 2.05) is 0 Å². The van der Waals surface area contributed by atoms with Crippen molar-refractivity contribution in [1.82, 2.24) is 14.2 Å². The summed E-state index contributed by atoms with van der Waals surface area (Å²) in [5, 5.41) is 0. The molecule has 6 nitrogen and oxygen atoms in total. The molecule has 28 heavy (non-hydrogen) atoms. The summed E-state index contributed by atoms with van der Waals surface area (Å²) in [5.74, 6) is 0. The summed E-state index contributed by atoms with van der Waals surface area (Å²) in [5.41, 5.74) is -1.07. The minimum atomic E-state index is -4.59. The summed E-state index contributed by atoms with van der Waals surface area (Å²) in [6.45, 7) is 4.76. The van der Waals surface area contributed by atoms with E-state index in [0.29, 0.717) is 19.1 Å². The van der Waals surface area contributed by atoms with Crippen LogP contribution in [0.15, 0.2) is 17.0 Å². The summed E-state index contributed by atoms with van der Waals surface area (Å²) in [4.78, 5) is 5.71. The molecular formula is C18H22F3N3O3S. The van der Waals surface area contributed by atoms with Crippen molar-refractivity contribution >= 4 is 10.0 Å². The zero-order chi connectivity index (χ0) is 19.9. The van der Waals surface area contributed by atoms with Crippen molar-refractivity contribution in [1.29, 1.82) is 0 Å². The van der Waals surface area contributed by atoms with Crippen molar-refractivity contribution in [2.75, 3.05) is 32.8 Å². The molecule has 0 unspecified atom stereocenters. The average molecular weight is 417 g/mol. The Labute approximate surface area is 161 Å². The van der Waals surface area contributed by atoms with E-state index in [1.165, 1.54) is 11.2 Å². The molecule has 1 saturated carbocycles. The number of ether oxygens (including phenoxy) is 1. The molecular weight excluding hydrogens is 395 g/mol. The number of nitrogens with zero attached hydrogens (tertiary/aromatic N) is 3. The van der Waals surface area contributed by atoms with Crippen molar-refractivity contribution in [3.8, 4) is 0 Å². The number of pyridine rings is 1. The zero-order valence-electron chi connectivity index (χ0n) is 15.5. The molecule has 3 aliphatic heterocycles. The van der Waals surface area contributed by atoms with E-state index in [-0.39, 0.29) is 21.6 Å². The first-order chi connectivity index (χ1) is 13.0. The van der Waals surface area contributed by atoms with Crippen molar-refractivity contribution in [3.05, 3.63) is 23.5 Å². The number of likely N-dealkylation sites (tertiary alicyclic amines) is 1. The Morgan fingerprint density at radius 2 is 1.82 bits per heavy atom. The lowest BCUT2D eigenvalue weighted by atomic mass is 9.66. The van der Waals surface area contributed by atoms with Gasteiger partial charge in [0.25, 0.3) is 0 Å². The molecule has 2 spiro atoms. The molecule has 0 atom stereocenters. The fraction of sp³-hybridized carbons (Fsp3) is 0.722. The van der Waals surface area contributed by atoms with Crippen LogP contribution in [0.1, 0.15) is 30.7 Å². The fourth-order valence-electron chi connectivity index (χ4n) is 5.03. The van der Waals surface area contributed by atoms with Crippen LogP contribution in [0.2, 0.25) is 0 Å². The monoisotopic (exact) mass is 417 g/mol. The first kappa shape index (κ1) is 18.8. The standard InChI is InChI=1S/C18H22F3N3O3S/c1-12-14(2-3-15(22-12)18(19,20)21)28(25,26)24-10-16(11-24)8-23(9-16)13-6-17(7-13)4-5-27-17/h2-3,13H,4-11H2,1H3. The third-order valence-corrected chi connectivity index (χ3v) is 8.67. The predicted molar refractivity (Wildman–Crippen MR) is 93.1 cm³/mol. The lowest BCUT2D eigenvalue weighted by molar-refractivity contribution is -0.237. The second-order valence-corrected chi connectivity index (χ2v) is 10.7. The van der Waals surface area contributed by atoms with Gasteiger partial charge in [-0.25, -0.2) is 13.4 Å². The van der Waals surface area contributed by atoms with Gasteiger partial charge in [-0.05, 0) is 38.3 Å². The quantitative estimate of drug-likeness (QED) is 0.753. The highest BCUT2D eigenvalue weighted by Crippen LogP contribution is 2.51. The second kappa shape index (κ2) is 5.68. The van der Waals surface area contributed by atoms with E-state index in [2.05, 4.69) is 9.88 Å². The van der Waals surface area contributed by atoms with E-state index in [9.17, 15) is 21.6 Å². The van der Waals surface area contributed by atoms with Crippen molar-refractivity contribution < 1.29 is 26.3 Å². The Hall–Kier alpha value is -1.23. The fourth-order valence-corrected chi connectivity index (χ4v) is 6.86. The van der Waals surface area contributed by atoms with Crippen LogP contribution in [0.3, 0.4) is 0 Å². The van der Waals surface area contributed by atoms with Gasteiger partial charge in [0.05, 0.1) is 17.9 Å². The van der Waals surface area contributed by atoms with Crippen LogP contribution in [-0.2, 0) is 20.9 Å². The molecule has 0 amide bonds. The smallest absolute Gasteiger partial charge is 0.375 e. The van der Waals surface area contributed by atoms with E-state index < -0.39 is 21.9 Å². The van der Waals surface area contributed by atoms with Crippen LogP contribution in [0, 0.1) is 12.3 Å². The molecule has 4 heterocycles. The highest BCUT2D eigenvalue weighted by Gasteiger charge is 2.60. The first-order valence-corrected chi connectivity index (χ1v) is 10.9. The molecule has 0 N–H and O–H groups in total. The largest absolute Gasteiger partial charge is 0.433 e. The van der Waals surface area contributed by atoms with Crippen LogP contribution in [0.4, 0.5) is 13.2 Å². The van der Waals surface area contributed by atoms with E-state index in [1.54, 1.807) is 0 Å². The summed E-state index contributed by atoms with van der Waals surface area (Å²) in [6.07, 6.45) is -1.30. The Kier molecular flexibility index (Phi) is 3.81. The molecule has 0 aromatic carbocycles. The normalized spacial score (nSPS) is 32.5. The minimum absolute atomic E-state index is 0.0104. The van der Waals surface area contributed by atoms with Gasteiger partial charge < -0.3 is 4.74 Å². The van der Waals surface area contributed by atoms with Crippen LogP contribution in [-0.4, -0.2) is 67.0 Å². The number of sulfonamides is 1.